The third-order valence-electron chi connectivity index (χ3n) is 4.96. The maximum atomic E-state index is 12.5. The fourth-order valence-corrected chi connectivity index (χ4v) is 3.33. The number of aromatic amines is 1. The van der Waals surface area contributed by atoms with Gasteiger partial charge < -0.3 is 20.3 Å². The monoisotopic (exact) mass is 341 g/mol. The van der Waals surface area contributed by atoms with Gasteiger partial charge in [-0.25, -0.2) is 9.97 Å². The van der Waals surface area contributed by atoms with Gasteiger partial charge in [-0.1, -0.05) is 6.58 Å². The van der Waals surface area contributed by atoms with Gasteiger partial charge in [0.15, 0.2) is 5.65 Å². The van der Waals surface area contributed by atoms with Crippen LogP contribution in [-0.4, -0.2) is 56.1 Å². The summed E-state index contributed by atoms with van der Waals surface area (Å²) in [6, 6.07) is -0.415. The highest BCUT2D eigenvalue weighted by Crippen LogP contribution is 2.39. The first-order valence-corrected chi connectivity index (χ1v) is 8.79. The molecule has 7 heteroatoms. The van der Waals surface area contributed by atoms with E-state index >= 15 is 0 Å². The number of likely N-dealkylation sites (tertiary alicyclic amines) is 1. The summed E-state index contributed by atoms with van der Waals surface area (Å²) in [6.45, 7) is 6.90. The molecule has 2 aliphatic rings. The number of hydrogen-bond donors (Lipinski definition) is 3. The van der Waals surface area contributed by atoms with Crippen molar-refractivity contribution in [1.82, 2.24) is 25.2 Å². The second kappa shape index (κ2) is 6.15. The van der Waals surface area contributed by atoms with E-state index in [0.29, 0.717) is 31.1 Å². The fourth-order valence-electron chi connectivity index (χ4n) is 3.33. The Kier molecular flexibility index (Phi) is 3.95. The Bertz CT molecular complexity index is 826. The second-order valence-corrected chi connectivity index (χ2v) is 7.04. The van der Waals surface area contributed by atoms with E-state index in [1.54, 1.807) is 4.90 Å². The van der Waals surface area contributed by atoms with Crippen LogP contribution >= 0.6 is 0 Å². The molecular weight excluding hydrogens is 318 g/mol. The summed E-state index contributed by atoms with van der Waals surface area (Å²) < 4.78 is 0. The van der Waals surface area contributed by atoms with Crippen molar-refractivity contribution < 1.29 is 9.90 Å². The van der Waals surface area contributed by atoms with Gasteiger partial charge >= 0.3 is 0 Å². The van der Waals surface area contributed by atoms with Crippen molar-refractivity contribution in [3.8, 4) is 0 Å². The van der Waals surface area contributed by atoms with Crippen LogP contribution in [0.25, 0.3) is 16.9 Å². The zero-order valence-corrected chi connectivity index (χ0v) is 14.3. The van der Waals surface area contributed by atoms with Gasteiger partial charge in [0.25, 0.3) is 0 Å². The van der Waals surface area contributed by atoms with Gasteiger partial charge in [0.05, 0.1) is 18.0 Å². The Morgan fingerprint density at radius 1 is 1.48 bits per heavy atom. The molecule has 1 saturated carbocycles. The third kappa shape index (κ3) is 3.11. The van der Waals surface area contributed by atoms with E-state index in [9.17, 15) is 9.90 Å². The van der Waals surface area contributed by atoms with E-state index in [1.165, 1.54) is 12.8 Å². The average molecular weight is 341 g/mol. The zero-order valence-electron chi connectivity index (χ0n) is 14.3. The summed E-state index contributed by atoms with van der Waals surface area (Å²) in [4.78, 5) is 26.5. The van der Waals surface area contributed by atoms with Crippen molar-refractivity contribution in [3.05, 3.63) is 30.2 Å². The van der Waals surface area contributed by atoms with E-state index in [1.807, 2.05) is 19.3 Å². The van der Waals surface area contributed by atoms with Crippen molar-refractivity contribution in [2.24, 2.45) is 0 Å². The van der Waals surface area contributed by atoms with Crippen LogP contribution < -0.4 is 5.32 Å². The maximum absolute atomic E-state index is 12.5. The largest absolute Gasteiger partial charge is 0.391 e. The minimum Gasteiger partial charge on any atom is -0.391 e. The first kappa shape index (κ1) is 16.1. The summed E-state index contributed by atoms with van der Waals surface area (Å²) in [5.41, 5.74) is 4.03. The molecule has 2 aromatic rings. The number of fused-ring (bicyclic) bond motifs is 1. The van der Waals surface area contributed by atoms with Crippen molar-refractivity contribution in [2.75, 3.05) is 13.1 Å². The topological polar surface area (TPSA) is 94.1 Å². The van der Waals surface area contributed by atoms with Gasteiger partial charge in [-0.15, -0.1) is 0 Å². The fraction of sp³-hybridized carbons (Fsp3) is 0.500. The number of nitrogens with one attached hydrogen (secondary N) is 2. The predicted octanol–water partition coefficient (Wildman–Crippen LogP) is 1.38. The number of rotatable bonds is 5. The molecule has 0 radical (unpaired) electrons. The van der Waals surface area contributed by atoms with Gasteiger partial charge in [-0.2, -0.15) is 0 Å². The number of H-pyrrole nitrogens is 1. The maximum Gasteiger partial charge on any atom is 0.244 e. The molecule has 2 aromatic heterocycles. The van der Waals surface area contributed by atoms with E-state index in [-0.39, 0.29) is 5.91 Å². The number of aliphatic hydroxyl groups is 1. The van der Waals surface area contributed by atoms with Crippen molar-refractivity contribution >= 4 is 22.8 Å². The molecule has 1 unspecified atom stereocenters. The van der Waals surface area contributed by atoms with Crippen LogP contribution in [0.2, 0.25) is 0 Å². The highest BCUT2D eigenvalue weighted by molar-refractivity contribution is 5.89. The molecule has 2 atom stereocenters. The van der Waals surface area contributed by atoms with Gasteiger partial charge in [0.2, 0.25) is 5.91 Å². The quantitative estimate of drug-likeness (QED) is 0.764. The molecule has 3 heterocycles. The van der Waals surface area contributed by atoms with Crippen LogP contribution in [-0.2, 0) is 4.79 Å². The number of nitrogens with zero attached hydrogens (tertiary/aromatic N) is 3. The number of amides is 1. The number of carbonyl (C=O) groups excluding carboxylic acids is 1. The lowest BCUT2D eigenvalue weighted by Crippen LogP contribution is -2.43. The molecule has 1 aliphatic carbocycles. The van der Waals surface area contributed by atoms with Crippen LogP contribution in [0.4, 0.5) is 0 Å². The summed E-state index contributed by atoms with van der Waals surface area (Å²) in [5, 5.41) is 12.8. The Balaban J connectivity index is 1.49. The van der Waals surface area contributed by atoms with Crippen molar-refractivity contribution in [2.45, 2.75) is 44.2 Å². The Morgan fingerprint density at radius 2 is 2.28 bits per heavy atom. The molecule has 1 saturated heterocycles. The molecule has 1 amide bonds. The molecule has 25 heavy (non-hydrogen) atoms. The molecule has 7 nitrogen and oxygen atoms in total. The van der Waals surface area contributed by atoms with E-state index in [4.69, 9.17) is 4.98 Å². The number of aliphatic hydroxyl groups excluding tert-OH is 1. The standard InChI is InChI=1S/C18H23N5O2/c1-10(21-11(2)18(25)23-6-5-13(24)9-23)14-7-19-17-16(14)22-15(8-20-17)12-3-4-12/h7-8,11-13,21,24H,1,3-6,9H2,2H3,(H,19,20)/t11-,13?/m0/s1. The third-order valence-corrected chi connectivity index (χ3v) is 4.96. The molecule has 2 fully saturated rings. The number of β-amino-alcohol motifs (C(OH)–C–C–N with tert-alkyl or cyclic N) is 1. The Labute approximate surface area is 146 Å². The SMILES string of the molecule is C=C(N[C@@H](C)C(=O)N1CCC(O)C1)c1c[nH]c2ncc(C3CC3)nc12. The molecule has 1 aliphatic heterocycles. The number of hydrogen-bond acceptors (Lipinski definition) is 5. The molecule has 0 aromatic carbocycles. The number of aromatic nitrogens is 3. The minimum absolute atomic E-state index is 0.0257. The zero-order chi connectivity index (χ0) is 17.6. The van der Waals surface area contributed by atoms with Gasteiger partial charge in [0.1, 0.15) is 11.6 Å². The van der Waals surface area contributed by atoms with Gasteiger partial charge in [0, 0.05) is 36.5 Å². The molecule has 4 rings (SSSR count). The molecule has 0 bridgehead atoms. The highest BCUT2D eigenvalue weighted by Gasteiger charge is 2.29. The molecule has 0 spiro atoms. The van der Waals surface area contributed by atoms with Crippen molar-refractivity contribution in [3.63, 3.8) is 0 Å². The Hall–Kier alpha value is -2.41. The van der Waals surface area contributed by atoms with Gasteiger partial charge in [-0.05, 0) is 26.2 Å². The lowest BCUT2D eigenvalue weighted by molar-refractivity contribution is -0.132. The van der Waals surface area contributed by atoms with Crippen LogP contribution in [0.5, 0.6) is 0 Å². The number of carbonyl (C=O) groups is 1. The summed E-state index contributed by atoms with van der Waals surface area (Å²) in [5.74, 6) is 0.505. The second-order valence-electron chi connectivity index (χ2n) is 7.04. The van der Waals surface area contributed by atoms with Crippen LogP contribution in [0.3, 0.4) is 0 Å². The van der Waals surface area contributed by atoms with Gasteiger partial charge in [-0.3, -0.25) is 4.79 Å². The summed E-state index contributed by atoms with van der Waals surface area (Å²) >= 11 is 0. The molecule has 3 N–H and O–H groups in total. The molecular formula is C18H23N5O2. The van der Waals surface area contributed by atoms with Crippen LogP contribution in [0.15, 0.2) is 19.0 Å². The first-order valence-electron chi connectivity index (χ1n) is 8.79. The minimum atomic E-state index is -0.415. The van der Waals surface area contributed by atoms with E-state index < -0.39 is 12.1 Å². The highest BCUT2D eigenvalue weighted by atomic mass is 16.3. The Morgan fingerprint density at radius 3 is 2.96 bits per heavy atom. The van der Waals surface area contributed by atoms with E-state index in [0.717, 1.165) is 22.4 Å². The lowest BCUT2D eigenvalue weighted by Gasteiger charge is -2.22. The first-order chi connectivity index (χ1) is 12.0. The van der Waals surface area contributed by atoms with E-state index in [2.05, 4.69) is 21.9 Å². The average Bonchev–Trinajstić information content (AvgIpc) is 3.22. The van der Waals surface area contributed by atoms with Crippen LogP contribution in [0, 0.1) is 0 Å². The predicted molar refractivity (Wildman–Crippen MR) is 94.7 cm³/mol. The molecule has 132 valence electrons. The lowest BCUT2D eigenvalue weighted by atomic mass is 10.2. The smallest absolute Gasteiger partial charge is 0.244 e. The normalized spacial score (nSPS) is 21.5. The summed E-state index contributed by atoms with van der Waals surface area (Å²) in [7, 11) is 0. The van der Waals surface area contributed by atoms with Crippen LogP contribution in [0.1, 0.15) is 43.4 Å². The van der Waals surface area contributed by atoms with Crippen molar-refractivity contribution in [1.29, 1.82) is 0 Å². The summed E-state index contributed by atoms with van der Waals surface area (Å²) in [6.07, 6.45) is 6.23.